The molecule has 0 saturated carbocycles. The van der Waals surface area contributed by atoms with Crippen molar-refractivity contribution in [2.45, 2.75) is 12.8 Å². The standard InChI is InChI=1S/C17H16FN5O/c18-12-5-1-2-6-13(12)20-17(24)14-11-19-15-7-8-16(21-23(14)15)22-9-3-4-10-22/h1-2,5-8,11H,3-4,9-10H2,(H,20,24). The highest BCUT2D eigenvalue weighted by Crippen LogP contribution is 2.19. The van der Waals surface area contributed by atoms with Gasteiger partial charge in [0.2, 0.25) is 0 Å². The fraction of sp³-hybridized carbons (Fsp3) is 0.235. The third-order valence-electron chi connectivity index (χ3n) is 4.13. The monoisotopic (exact) mass is 325 g/mol. The van der Waals surface area contributed by atoms with E-state index in [0.29, 0.717) is 5.65 Å². The Hall–Kier alpha value is -2.96. The Morgan fingerprint density at radius 1 is 1.12 bits per heavy atom. The lowest BCUT2D eigenvalue weighted by Crippen LogP contribution is -2.21. The summed E-state index contributed by atoms with van der Waals surface area (Å²) in [5, 5.41) is 7.09. The van der Waals surface area contributed by atoms with E-state index in [-0.39, 0.29) is 11.4 Å². The zero-order valence-electron chi connectivity index (χ0n) is 12.9. The number of para-hydroxylation sites is 1. The smallest absolute Gasteiger partial charge is 0.276 e. The Morgan fingerprint density at radius 3 is 2.71 bits per heavy atom. The summed E-state index contributed by atoms with van der Waals surface area (Å²) in [7, 11) is 0. The number of carbonyl (C=O) groups excluding carboxylic acids is 1. The van der Waals surface area contributed by atoms with Gasteiger partial charge in [0.25, 0.3) is 5.91 Å². The van der Waals surface area contributed by atoms with Crippen molar-refractivity contribution in [3.05, 3.63) is 54.1 Å². The summed E-state index contributed by atoms with van der Waals surface area (Å²) in [6.45, 7) is 1.92. The van der Waals surface area contributed by atoms with Crippen molar-refractivity contribution in [1.82, 2.24) is 14.6 Å². The molecule has 0 atom stereocenters. The van der Waals surface area contributed by atoms with Gasteiger partial charge in [-0.25, -0.2) is 13.9 Å². The Labute approximate surface area is 137 Å². The van der Waals surface area contributed by atoms with Crippen LogP contribution in [0.25, 0.3) is 5.65 Å². The van der Waals surface area contributed by atoms with Crippen LogP contribution in [0.5, 0.6) is 0 Å². The SMILES string of the molecule is O=C(Nc1ccccc1F)c1cnc2ccc(N3CCCC3)nn12. The number of aromatic nitrogens is 3. The van der Waals surface area contributed by atoms with Crippen LogP contribution in [0.15, 0.2) is 42.6 Å². The second-order valence-corrected chi connectivity index (χ2v) is 5.73. The highest BCUT2D eigenvalue weighted by atomic mass is 19.1. The zero-order valence-corrected chi connectivity index (χ0v) is 12.9. The van der Waals surface area contributed by atoms with Crippen molar-refractivity contribution in [3.8, 4) is 0 Å². The zero-order chi connectivity index (χ0) is 16.5. The molecule has 0 unspecified atom stereocenters. The van der Waals surface area contributed by atoms with Gasteiger partial charge in [-0.2, -0.15) is 0 Å². The van der Waals surface area contributed by atoms with Gasteiger partial charge >= 0.3 is 0 Å². The molecule has 0 bridgehead atoms. The maximum atomic E-state index is 13.7. The topological polar surface area (TPSA) is 62.5 Å². The van der Waals surface area contributed by atoms with Crippen molar-refractivity contribution >= 4 is 23.1 Å². The summed E-state index contributed by atoms with van der Waals surface area (Å²) in [5.41, 5.74) is 0.985. The Bertz CT molecular complexity index is 901. The van der Waals surface area contributed by atoms with Crippen LogP contribution >= 0.6 is 0 Å². The number of rotatable bonds is 3. The van der Waals surface area contributed by atoms with Gasteiger partial charge in [-0.3, -0.25) is 4.79 Å². The lowest BCUT2D eigenvalue weighted by molar-refractivity contribution is 0.102. The average molecular weight is 325 g/mol. The second kappa shape index (κ2) is 5.92. The quantitative estimate of drug-likeness (QED) is 0.804. The third kappa shape index (κ3) is 2.58. The average Bonchev–Trinajstić information content (AvgIpc) is 3.25. The molecule has 24 heavy (non-hydrogen) atoms. The molecule has 1 fully saturated rings. The molecule has 3 heterocycles. The summed E-state index contributed by atoms with van der Waals surface area (Å²) in [6.07, 6.45) is 3.74. The van der Waals surface area contributed by atoms with E-state index in [2.05, 4.69) is 20.3 Å². The molecule has 1 aliphatic rings. The minimum atomic E-state index is -0.481. The number of nitrogens with zero attached hydrogens (tertiary/aromatic N) is 4. The van der Waals surface area contributed by atoms with Crippen molar-refractivity contribution in [2.24, 2.45) is 0 Å². The molecule has 1 amide bonds. The Morgan fingerprint density at radius 2 is 1.92 bits per heavy atom. The predicted octanol–water partition coefficient (Wildman–Crippen LogP) is 2.72. The molecule has 7 heteroatoms. The molecule has 6 nitrogen and oxygen atoms in total. The molecule has 0 radical (unpaired) electrons. The van der Waals surface area contributed by atoms with Crippen LogP contribution < -0.4 is 10.2 Å². The molecule has 1 N–H and O–H groups in total. The van der Waals surface area contributed by atoms with E-state index in [9.17, 15) is 9.18 Å². The number of hydrogen-bond donors (Lipinski definition) is 1. The van der Waals surface area contributed by atoms with Gasteiger partial charge in [-0.05, 0) is 37.1 Å². The summed E-state index contributed by atoms with van der Waals surface area (Å²) in [4.78, 5) is 18.9. The fourth-order valence-electron chi connectivity index (χ4n) is 2.88. The van der Waals surface area contributed by atoms with E-state index in [4.69, 9.17) is 0 Å². The lowest BCUT2D eigenvalue weighted by atomic mass is 10.3. The highest BCUT2D eigenvalue weighted by molar-refractivity contribution is 6.03. The van der Waals surface area contributed by atoms with Gasteiger partial charge in [0.1, 0.15) is 11.6 Å². The molecule has 0 spiro atoms. The first kappa shape index (κ1) is 14.6. The fourth-order valence-corrected chi connectivity index (χ4v) is 2.88. The Balaban J connectivity index is 1.67. The van der Waals surface area contributed by atoms with E-state index in [1.807, 2.05) is 12.1 Å². The van der Waals surface area contributed by atoms with Crippen molar-refractivity contribution < 1.29 is 9.18 Å². The summed E-state index contributed by atoms with van der Waals surface area (Å²) in [6, 6.07) is 9.79. The number of nitrogens with one attached hydrogen (secondary N) is 1. The summed E-state index contributed by atoms with van der Waals surface area (Å²) in [5.74, 6) is -0.109. The van der Waals surface area contributed by atoms with Gasteiger partial charge < -0.3 is 10.2 Å². The van der Waals surface area contributed by atoms with E-state index in [0.717, 1.165) is 31.7 Å². The molecule has 2 aromatic heterocycles. The molecular weight excluding hydrogens is 309 g/mol. The lowest BCUT2D eigenvalue weighted by Gasteiger charge is -2.16. The molecular formula is C17H16FN5O. The first-order chi connectivity index (χ1) is 11.7. The van der Waals surface area contributed by atoms with Gasteiger partial charge in [-0.15, -0.1) is 5.10 Å². The van der Waals surface area contributed by atoms with E-state index in [1.165, 1.54) is 22.8 Å². The second-order valence-electron chi connectivity index (χ2n) is 5.73. The van der Waals surface area contributed by atoms with Crippen LogP contribution in [-0.4, -0.2) is 33.6 Å². The van der Waals surface area contributed by atoms with Crippen LogP contribution in [0.2, 0.25) is 0 Å². The first-order valence-corrected chi connectivity index (χ1v) is 7.88. The number of benzene rings is 1. The van der Waals surface area contributed by atoms with Gasteiger partial charge in [0.05, 0.1) is 11.9 Å². The number of anilines is 2. The van der Waals surface area contributed by atoms with Crippen molar-refractivity contribution in [1.29, 1.82) is 0 Å². The van der Waals surface area contributed by atoms with Crippen molar-refractivity contribution in [2.75, 3.05) is 23.3 Å². The number of halogens is 1. The summed E-state index contributed by atoms with van der Waals surface area (Å²) >= 11 is 0. The van der Waals surface area contributed by atoms with E-state index < -0.39 is 11.7 Å². The van der Waals surface area contributed by atoms with Crippen LogP contribution in [0.1, 0.15) is 23.3 Å². The first-order valence-electron chi connectivity index (χ1n) is 7.88. The number of hydrogen-bond acceptors (Lipinski definition) is 4. The molecule has 4 rings (SSSR count). The van der Waals surface area contributed by atoms with Crippen LogP contribution in [0.3, 0.4) is 0 Å². The minimum Gasteiger partial charge on any atom is -0.355 e. The number of imidazole rings is 1. The molecule has 1 saturated heterocycles. The normalized spacial score (nSPS) is 14.3. The molecule has 3 aromatic rings. The van der Waals surface area contributed by atoms with Crippen LogP contribution in [0.4, 0.5) is 15.9 Å². The van der Waals surface area contributed by atoms with Gasteiger partial charge in [0.15, 0.2) is 11.3 Å². The number of fused-ring (bicyclic) bond motifs is 1. The Kier molecular flexibility index (Phi) is 3.60. The third-order valence-corrected chi connectivity index (χ3v) is 4.13. The maximum absolute atomic E-state index is 13.7. The van der Waals surface area contributed by atoms with Gasteiger partial charge in [-0.1, -0.05) is 12.1 Å². The highest BCUT2D eigenvalue weighted by Gasteiger charge is 2.18. The maximum Gasteiger partial charge on any atom is 0.276 e. The molecule has 122 valence electrons. The predicted molar refractivity (Wildman–Crippen MR) is 88.8 cm³/mol. The molecule has 1 aliphatic heterocycles. The molecule has 1 aromatic carbocycles. The largest absolute Gasteiger partial charge is 0.355 e. The van der Waals surface area contributed by atoms with E-state index >= 15 is 0 Å². The van der Waals surface area contributed by atoms with Crippen LogP contribution in [-0.2, 0) is 0 Å². The van der Waals surface area contributed by atoms with Crippen LogP contribution in [0, 0.1) is 5.82 Å². The van der Waals surface area contributed by atoms with Gasteiger partial charge in [0, 0.05) is 13.1 Å². The number of carbonyl (C=O) groups is 1. The molecule has 0 aliphatic carbocycles. The minimum absolute atomic E-state index is 0.133. The summed E-state index contributed by atoms with van der Waals surface area (Å²) < 4.78 is 15.2. The number of amides is 1. The van der Waals surface area contributed by atoms with Crippen molar-refractivity contribution in [3.63, 3.8) is 0 Å². The van der Waals surface area contributed by atoms with E-state index in [1.54, 1.807) is 12.1 Å².